The van der Waals surface area contributed by atoms with Gasteiger partial charge in [0.25, 0.3) is 0 Å². The molecule has 0 radical (unpaired) electrons. The van der Waals surface area contributed by atoms with E-state index in [9.17, 15) is 1.37 Å². The smallest absolute Gasteiger partial charge is 0.164 e. The molecular formula is C53H35N3. The summed E-state index contributed by atoms with van der Waals surface area (Å²) in [5.74, 6) is 0.917. The first-order chi connectivity index (χ1) is 29.4. The van der Waals surface area contributed by atoms with Crippen LogP contribution in [-0.2, 0) is 0 Å². The van der Waals surface area contributed by atoms with Crippen molar-refractivity contribution in [2.24, 2.45) is 0 Å². The van der Waals surface area contributed by atoms with Crippen molar-refractivity contribution in [3.63, 3.8) is 0 Å². The molecule has 9 aromatic carbocycles. The number of benzene rings is 9. The number of nitrogens with zero attached hydrogens (tertiary/aromatic N) is 3. The highest BCUT2D eigenvalue weighted by Crippen LogP contribution is 2.38. The summed E-state index contributed by atoms with van der Waals surface area (Å²) < 4.78 is 35.7. The highest BCUT2D eigenvalue weighted by Gasteiger charge is 2.19. The topological polar surface area (TPSA) is 38.7 Å². The fourth-order valence-electron chi connectivity index (χ4n) is 7.47. The highest BCUT2D eigenvalue weighted by atomic mass is 15.0. The summed E-state index contributed by atoms with van der Waals surface area (Å²) in [5.41, 5.74) is 8.81. The van der Waals surface area contributed by atoms with Crippen LogP contribution in [0.2, 0.25) is 0 Å². The molecule has 0 amide bonds. The van der Waals surface area contributed by atoms with E-state index >= 15 is 0 Å². The van der Waals surface area contributed by atoms with Crippen LogP contribution in [0.5, 0.6) is 0 Å². The van der Waals surface area contributed by atoms with E-state index in [2.05, 4.69) is 84.9 Å². The number of aromatic nitrogens is 3. The molecule has 56 heavy (non-hydrogen) atoms. The van der Waals surface area contributed by atoms with Gasteiger partial charge in [0.2, 0.25) is 0 Å². The lowest BCUT2D eigenvalue weighted by Gasteiger charge is -2.15. The van der Waals surface area contributed by atoms with Gasteiger partial charge < -0.3 is 0 Å². The molecule has 0 fully saturated rings. The van der Waals surface area contributed by atoms with Gasteiger partial charge in [0.05, 0.1) is 5.48 Å². The van der Waals surface area contributed by atoms with E-state index in [-0.39, 0.29) is 35.6 Å². The number of hydrogen-bond acceptors (Lipinski definition) is 3. The molecule has 0 saturated carbocycles. The molecule has 0 aliphatic heterocycles. The molecule has 10 rings (SSSR count). The summed E-state index contributed by atoms with van der Waals surface area (Å²) in [4.78, 5) is 15.4. The average molecular weight is 718 g/mol. The minimum absolute atomic E-state index is 0.151. The second-order valence-corrected chi connectivity index (χ2v) is 13.7. The quantitative estimate of drug-likeness (QED) is 0.165. The molecule has 262 valence electrons. The summed E-state index contributed by atoms with van der Waals surface area (Å²) in [5, 5.41) is 4.64. The normalized spacial score (nSPS) is 12.2. The number of rotatable bonds is 7. The Balaban J connectivity index is 1.16. The summed E-state index contributed by atoms with van der Waals surface area (Å²) >= 11 is 0. The molecule has 1 aromatic heterocycles. The standard InChI is InChI=1S/C53H35N3/c1-3-16-37(17-4-1)45-21-9-12-24-48(45)51-54-52(49-25-13-10-22-46(49)38-18-5-2-6-19-38)56-53(55-51)50-26-14-11-23-47(50)44-32-31-42-34-41(29-30-43(42)35-44)40-28-27-36-15-7-8-20-39(36)33-40/h1-35H/i9D,12D,21D,24D. The first-order valence-corrected chi connectivity index (χ1v) is 18.6. The predicted octanol–water partition coefficient (Wildman–Crippen LogP) is 13.8. The molecule has 0 atom stereocenters. The van der Waals surface area contributed by atoms with E-state index in [1.165, 1.54) is 16.3 Å². The molecule has 0 spiro atoms. The first-order valence-electron chi connectivity index (χ1n) is 20.6. The van der Waals surface area contributed by atoms with Crippen molar-refractivity contribution in [2.75, 3.05) is 0 Å². The summed E-state index contributed by atoms with van der Waals surface area (Å²) in [6.07, 6.45) is 0. The predicted molar refractivity (Wildman–Crippen MR) is 233 cm³/mol. The van der Waals surface area contributed by atoms with Crippen molar-refractivity contribution in [3.8, 4) is 78.7 Å². The van der Waals surface area contributed by atoms with Crippen molar-refractivity contribution in [1.29, 1.82) is 0 Å². The van der Waals surface area contributed by atoms with Crippen LogP contribution in [-0.4, -0.2) is 15.0 Å². The zero-order valence-electron chi connectivity index (χ0n) is 34.2. The van der Waals surface area contributed by atoms with Gasteiger partial charge >= 0.3 is 0 Å². The Morgan fingerprint density at radius 1 is 0.268 bits per heavy atom. The van der Waals surface area contributed by atoms with Crippen LogP contribution in [0, 0.1) is 0 Å². The van der Waals surface area contributed by atoms with Crippen LogP contribution in [0.1, 0.15) is 5.48 Å². The third-order valence-corrected chi connectivity index (χ3v) is 10.3. The number of fused-ring (bicyclic) bond motifs is 2. The fraction of sp³-hybridized carbons (Fsp3) is 0. The van der Waals surface area contributed by atoms with Gasteiger partial charge in [-0.3, -0.25) is 0 Å². The first kappa shape index (κ1) is 28.9. The monoisotopic (exact) mass is 717 g/mol. The van der Waals surface area contributed by atoms with Crippen molar-refractivity contribution in [3.05, 3.63) is 212 Å². The zero-order valence-corrected chi connectivity index (χ0v) is 30.2. The van der Waals surface area contributed by atoms with Gasteiger partial charge in [-0.25, -0.2) is 15.0 Å². The fourth-order valence-corrected chi connectivity index (χ4v) is 7.47. The van der Waals surface area contributed by atoms with Crippen LogP contribution in [0.15, 0.2) is 212 Å². The van der Waals surface area contributed by atoms with E-state index in [0.29, 0.717) is 22.8 Å². The third kappa shape index (κ3) is 6.31. The minimum atomic E-state index is -0.358. The Hall–Kier alpha value is -7.49. The summed E-state index contributed by atoms with van der Waals surface area (Å²) in [6, 6.07) is 62.2. The van der Waals surface area contributed by atoms with Gasteiger partial charge in [0.15, 0.2) is 17.5 Å². The van der Waals surface area contributed by atoms with Gasteiger partial charge in [-0.1, -0.05) is 194 Å². The van der Waals surface area contributed by atoms with Crippen molar-refractivity contribution in [1.82, 2.24) is 15.0 Å². The molecule has 10 aromatic rings. The second kappa shape index (κ2) is 14.4. The van der Waals surface area contributed by atoms with E-state index in [1.54, 1.807) is 0 Å². The Labute approximate surface area is 331 Å². The van der Waals surface area contributed by atoms with Gasteiger partial charge in [-0.15, -0.1) is 0 Å². The van der Waals surface area contributed by atoms with Crippen molar-refractivity contribution in [2.45, 2.75) is 0 Å². The molecule has 3 heteroatoms. The average Bonchev–Trinajstić information content (AvgIpc) is 3.31. The van der Waals surface area contributed by atoms with Crippen LogP contribution in [0.4, 0.5) is 0 Å². The molecule has 3 nitrogen and oxygen atoms in total. The third-order valence-electron chi connectivity index (χ3n) is 10.3. The Kier molecular flexibility index (Phi) is 7.44. The second-order valence-electron chi connectivity index (χ2n) is 13.7. The zero-order chi connectivity index (χ0) is 40.7. The maximum Gasteiger partial charge on any atom is 0.164 e. The van der Waals surface area contributed by atoms with Crippen LogP contribution >= 0.6 is 0 Å². The van der Waals surface area contributed by atoms with Gasteiger partial charge in [0.1, 0.15) is 0 Å². The Morgan fingerprint density at radius 2 is 0.643 bits per heavy atom. The Bertz CT molecular complexity index is 3260. The maximum atomic E-state index is 9.26. The van der Waals surface area contributed by atoms with Crippen LogP contribution < -0.4 is 0 Å². The Morgan fingerprint density at radius 3 is 1.23 bits per heavy atom. The molecular weight excluding hydrogens is 679 g/mol. The lowest BCUT2D eigenvalue weighted by Crippen LogP contribution is -2.02. The lowest BCUT2D eigenvalue weighted by atomic mass is 9.94. The van der Waals surface area contributed by atoms with Crippen molar-refractivity contribution < 1.29 is 5.48 Å². The van der Waals surface area contributed by atoms with E-state index in [4.69, 9.17) is 19.1 Å². The summed E-state index contributed by atoms with van der Waals surface area (Å²) in [7, 11) is 0. The van der Waals surface area contributed by atoms with E-state index < -0.39 is 0 Å². The number of hydrogen-bond donors (Lipinski definition) is 0. The SMILES string of the molecule is [2H]c1c([2H])c([2H])c(-c2nc(-c3ccccc3-c3ccccc3)nc(-c3ccccc3-c3ccc4cc(-c5ccc6ccccc6c5)ccc4c3)n2)c(-c2ccccc2)c1[2H]. The molecule has 0 aliphatic carbocycles. The maximum absolute atomic E-state index is 9.26. The summed E-state index contributed by atoms with van der Waals surface area (Å²) in [6.45, 7) is 0. The van der Waals surface area contributed by atoms with Crippen molar-refractivity contribution >= 4 is 21.5 Å². The largest absolute Gasteiger partial charge is 0.208 e. The molecule has 0 N–H and O–H groups in total. The molecule has 0 aliphatic rings. The molecule has 0 bridgehead atoms. The van der Waals surface area contributed by atoms with Gasteiger partial charge in [0, 0.05) is 16.7 Å². The molecule has 0 saturated heterocycles. The molecule has 1 heterocycles. The van der Waals surface area contributed by atoms with E-state index in [0.717, 1.165) is 49.7 Å². The minimum Gasteiger partial charge on any atom is -0.208 e. The van der Waals surface area contributed by atoms with Gasteiger partial charge in [-0.05, 0) is 84.3 Å². The molecule has 0 unspecified atom stereocenters. The van der Waals surface area contributed by atoms with Gasteiger partial charge in [-0.2, -0.15) is 0 Å². The lowest BCUT2D eigenvalue weighted by molar-refractivity contribution is 1.07. The highest BCUT2D eigenvalue weighted by molar-refractivity contribution is 5.95. The van der Waals surface area contributed by atoms with Crippen LogP contribution in [0.3, 0.4) is 0 Å². The van der Waals surface area contributed by atoms with E-state index in [1.807, 2.05) is 103 Å². The van der Waals surface area contributed by atoms with Crippen LogP contribution in [0.25, 0.3) is 100 Å².